The van der Waals surface area contributed by atoms with Crippen molar-refractivity contribution in [1.29, 1.82) is 5.26 Å². The molecule has 0 spiro atoms. The molecule has 1 N–H and O–H groups in total. The predicted molar refractivity (Wildman–Crippen MR) is 167 cm³/mol. The van der Waals surface area contributed by atoms with Gasteiger partial charge in [0.25, 0.3) is 11.5 Å². The number of anilines is 1. The summed E-state index contributed by atoms with van der Waals surface area (Å²) in [7, 11) is -2.51. The fourth-order valence-electron chi connectivity index (χ4n) is 4.84. The fraction of sp³-hybridized carbons (Fsp3) is 0.188. The van der Waals surface area contributed by atoms with E-state index in [1.165, 1.54) is 59.9 Å². The number of nitrogens with one attached hydrogen (secondary N) is 1. The van der Waals surface area contributed by atoms with E-state index in [0.29, 0.717) is 24.2 Å². The first-order valence-electron chi connectivity index (χ1n) is 13.9. The number of amides is 1. The number of carbonyl (C=O) groups excluding carboxylic acids is 2. The van der Waals surface area contributed by atoms with Crippen LogP contribution in [0.25, 0.3) is 17.3 Å². The van der Waals surface area contributed by atoms with Gasteiger partial charge in [0.05, 0.1) is 27.8 Å². The molecule has 10 nitrogen and oxygen atoms in total. The summed E-state index contributed by atoms with van der Waals surface area (Å²) in [5.41, 5.74) is 0.280. The average molecular weight is 647 g/mol. The second kappa shape index (κ2) is 13.4. The van der Waals surface area contributed by atoms with Crippen LogP contribution < -0.4 is 20.1 Å². The van der Waals surface area contributed by atoms with Crippen LogP contribution in [0.15, 0.2) is 82.5 Å². The van der Waals surface area contributed by atoms with Gasteiger partial charge >= 0.3 is 5.97 Å². The van der Waals surface area contributed by atoms with Gasteiger partial charge in [-0.3, -0.25) is 14.2 Å². The normalized spacial score (nSPS) is 14.8. The van der Waals surface area contributed by atoms with Gasteiger partial charge in [-0.2, -0.15) is 9.57 Å². The van der Waals surface area contributed by atoms with Gasteiger partial charge in [-0.15, -0.1) is 11.3 Å². The van der Waals surface area contributed by atoms with E-state index >= 15 is 0 Å². The lowest BCUT2D eigenvalue weighted by Crippen LogP contribution is -2.35. The van der Waals surface area contributed by atoms with Crippen LogP contribution in [0.1, 0.15) is 35.2 Å². The van der Waals surface area contributed by atoms with Crippen LogP contribution >= 0.6 is 11.3 Å². The third kappa shape index (κ3) is 6.78. The van der Waals surface area contributed by atoms with Gasteiger partial charge in [0.2, 0.25) is 10.0 Å². The zero-order chi connectivity index (χ0) is 32.1. The number of hydrogen-bond donors (Lipinski definition) is 1. The van der Waals surface area contributed by atoms with Crippen LogP contribution in [-0.2, 0) is 19.6 Å². The Morgan fingerprint density at radius 3 is 2.36 bits per heavy atom. The lowest BCUT2D eigenvalue weighted by Gasteiger charge is -2.26. The highest BCUT2D eigenvalue weighted by Gasteiger charge is 2.26. The maximum absolute atomic E-state index is 13.8. The molecular formula is C32H27FN4O6S2. The van der Waals surface area contributed by atoms with E-state index in [4.69, 9.17) is 4.74 Å². The number of benzene rings is 3. The predicted octanol–water partition coefficient (Wildman–Crippen LogP) is 3.14. The molecule has 5 rings (SSSR count). The lowest BCUT2D eigenvalue weighted by atomic mass is 10.1. The van der Waals surface area contributed by atoms with E-state index in [1.54, 1.807) is 18.2 Å². The van der Waals surface area contributed by atoms with Gasteiger partial charge in [0.1, 0.15) is 16.5 Å². The summed E-state index contributed by atoms with van der Waals surface area (Å²) >= 11 is 0.879. The number of esters is 1. The number of nitriles is 1. The van der Waals surface area contributed by atoms with E-state index in [0.717, 1.165) is 47.3 Å². The zero-order valence-corrected chi connectivity index (χ0v) is 25.7. The van der Waals surface area contributed by atoms with Gasteiger partial charge in [-0.05, 0) is 79.1 Å². The minimum atomic E-state index is -3.78. The maximum atomic E-state index is 13.8. The molecule has 230 valence electrons. The van der Waals surface area contributed by atoms with Gasteiger partial charge in [0.15, 0.2) is 5.57 Å². The molecular weight excluding hydrogens is 620 g/mol. The standard InChI is InChI=1S/C32H27FN4O6S2/c1-43-32(40)22-10-8-21(9-11-22)18-28-30(39)37(25-14-12-23(33)13-15-25)31(44-28)27(20-34)29(38)35-24-6-5-7-26(19-24)45(41,42)36-16-3-2-4-17-36/h5-15,18-19H,2-4,16-17H2,1H3,(H,35,38). The molecule has 0 radical (unpaired) electrons. The summed E-state index contributed by atoms with van der Waals surface area (Å²) < 4.78 is 47.5. The summed E-state index contributed by atoms with van der Waals surface area (Å²) in [6.07, 6.45) is 4.04. The molecule has 0 bridgehead atoms. The lowest BCUT2D eigenvalue weighted by molar-refractivity contribution is -0.111. The van der Waals surface area contributed by atoms with Crippen molar-refractivity contribution in [3.05, 3.63) is 109 Å². The number of thiazole rings is 1. The number of halogens is 1. The summed E-state index contributed by atoms with van der Waals surface area (Å²) in [5.74, 6) is -1.92. The Hall–Kier alpha value is -4.90. The highest BCUT2D eigenvalue weighted by molar-refractivity contribution is 7.89. The van der Waals surface area contributed by atoms with Gasteiger partial charge in [0, 0.05) is 18.8 Å². The molecule has 0 aliphatic carbocycles. The molecule has 1 saturated heterocycles. The Morgan fingerprint density at radius 1 is 1.02 bits per heavy atom. The molecule has 3 aromatic carbocycles. The Morgan fingerprint density at radius 2 is 1.71 bits per heavy atom. The van der Waals surface area contributed by atoms with Gasteiger partial charge in [-0.1, -0.05) is 24.6 Å². The molecule has 0 atom stereocenters. The van der Waals surface area contributed by atoms with Crippen LogP contribution in [0.4, 0.5) is 10.1 Å². The van der Waals surface area contributed by atoms with Crippen molar-refractivity contribution < 1.29 is 27.1 Å². The van der Waals surface area contributed by atoms with E-state index < -0.39 is 38.8 Å². The first kappa shape index (κ1) is 31.5. The number of carbonyl (C=O) groups is 2. The van der Waals surface area contributed by atoms with E-state index in [9.17, 15) is 32.5 Å². The summed E-state index contributed by atoms with van der Waals surface area (Å²) in [4.78, 5) is 39.0. The van der Waals surface area contributed by atoms with Crippen molar-refractivity contribution in [2.24, 2.45) is 0 Å². The summed E-state index contributed by atoms with van der Waals surface area (Å²) in [6, 6.07) is 18.9. The van der Waals surface area contributed by atoms with Crippen molar-refractivity contribution in [1.82, 2.24) is 8.87 Å². The van der Waals surface area contributed by atoms with Crippen molar-refractivity contribution >= 4 is 50.6 Å². The van der Waals surface area contributed by atoms with Crippen molar-refractivity contribution in [3.63, 3.8) is 0 Å². The number of hydrogen-bond acceptors (Lipinski definition) is 8. The average Bonchev–Trinajstić information content (AvgIpc) is 3.36. The van der Waals surface area contributed by atoms with E-state index in [-0.39, 0.29) is 25.5 Å². The van der Waals surface area contributed by atoms with Crippen molar-refractivity contribution in [3.8, 4) is 11.8 Å². The first-order chi connectivity index (χ1) is 21.6. The van der Waals surface area contributed by atoms with Crippen molar-refractivity contribution in [2.45, 2.75) is 24.2 Å². The fourth-order valence-corrected chi connectivity index (χ4v) is 7.50. The van der Waals surface area contributed by atoms with E-state index in [2.05, 4.69) is 5.32 Å². The number of aromatic nitrogens is 1. The number of sulfonamides is 1. The molecule has 0 saturated carbocycles. The Balaban J connectivity index is 1.58. The second-order valence-corrected chi connectivity index (χ2v) is 13.0. The topological polar surface area (TPSA) is 139 Å². The van der Waals surface area contributed by atoms with Crippen LogP contribution in [0.3, 0.4) is 0 Å². The number of nitrogens with zero attached hydrogens (tertiary/aromatic N) is 3. The molecule has 1 aliphatic rings. The number of ether oxygens (including phenoxy) is 1. The quantitative estimate of drug-likeness (QED) is 0.305. The minimum absolute atomic E-state index is 0.00940. The molecule has 1 aromatic heterocycles. The second-order valence-electron chi connectivity index (χ2n) is 10.1. The smallest absolute Gasteiger partial charge is 0.337 e. The number of piperidine rings is 1. The Bertz CT molecular complexity index is 2090. The molecule has 1 fully saturated rings. The number of rotatable bonds is 7. The first-order valence-corrected chi connectivity index (χ1v) is 16.1. The zero-order valence-electron chi connectivity index (χ0n) is 24.0. The van der Waals surface area contributed by atoms with Crippen LogP contribution in [0, 0.1) is 17.1 Å². The SMILES string of the molecule is COC(=O)c1ccc(C=c2sc(=C(C#N)C(=O)Nc3cccc(S(=O)(=O)N4CCCCC4)c3)n(-c3ccc(F)cc3)c2=O)cc1. The number of methoxy groups -OCH3 is 1. The molecule has 0 unspecified atom stereocenters. The molecule has 13 heteroatoms. The van der Waals surface area contributed by atoms with Gasteiger partial charge < -0.3 is 10.1 Å². The highest BCUT2D eigenvalue weighted by Crippen LogP contribution is 2.23. The Labute approximate surface area is 262 Å². The van der Waals surface area contributed by atoms with Crippen molar-refractivity contribution in [2.75, 3.05) is 25.5 Å². The highest BCUT2D eigenvalue weighted by atomic mass is 32.2. The third-order valence-electron chi connectivity index (χ3n) is 7.14. The third-order valence-corrected chi connectivity index (χ3v) is 10.1. The van der Waals surface area contributed by atoms with Gasteiger partial charge in [-0.25, -0.2) is 17.6 Å². The monoisotopic (exact) mass is 646 g/mol. The molecule has 45 heavy (non-hydrogen) atoms. The minimum Gasteiger partial charge on any atom is -0.465 e. The largest absolute Gasteiger partial charge is 0.465 e. The summed E-state index contributed by atoms with van der Waals surface area (Å²) in [6.45, 7) is 0.832. The van der Waals surface area contributed by atoms with Crippen LogP contribution in [0.2, 0.25) is 0 Å². The Kier molecular flexibility index (Phi) is 9.38. The molecule has 1 aliphatic heterocycles. The maximum Gasteiger partial charge on any atom is 0.337 e. The molecule has 1 amide bonds. The molecule has 4 aromatic rings. The molecule has 2 heterocycles. The van der Waals surface area contributed by atoms with Crippen LogP contribution in [0.5, 0.6) is 0 Å². The van der Waals surface area contributed by atoms with Crippen LogP contribution in [-0.4, -0.2) is 49.4 Å². The summed E-state index contributed by atoms with van der Waals surface area (Å²) in [5, 5.41) is 12.7. The van der Waals surface area contributed by atoms with E-state index in [1.807, 2.05) is 6.07 Å².